The second kappa shape index (κ2) is 19.0. The van der Waals surface area contributed by atoms with Crippen molar-refractivity contribution in [2.24, 2.45) is 0 Å². The van der Waals surface area contributed by atoms with Gasteiger partial charge in [-0.15, -0.1) is 0 Å². The normalized spacial score (nSPS) is 14.9. The molecule has 0 radical (unpaired) electrons. The standard InChI is InChI=1S/2C10H21O.2C4F9.Sn/c2*1-2-3-4-5-6-7-8-9-10-11;2*5-1(6)2(7,8)3(9,10)4(11,12)13;/h2*2-10H2,1H3;;;/q2*-1;;;+2. The van der Waals surface area contributed by atoms with Gasteiger partial charge in [-0.25, -0.2) is 0 Å². The van der Waals surface area contributed by atoms with Crippen LogP contribution in [0, 0.1) is 0 Å². The molecule has 296 valence electrons. The summed E-state index contributed by atoms with van der Waals surface area (Å²) in [4.78, 5) is 0. The predicted octanol–water partition coefficient (Wildman–Crippen LogP) is 12.8. The fourth-order valence-electron chi connectivity index (χ4n) is 4.67. The fraction of sp³-hybridized carbons (Fsp3) is 1.00. The van der Waals surface area contributed by atoms with Gasteiger partial charge < -0.3 is 0 Å². The van der Waals surface area contributed by atoms with Gasteiger partial charge in [-0.05, 0) is 0 Å². The van der Waals surface area contributed by atoms with Gasteiger partial charge in [0.2, 0.25) is 0 Å². The molecule has 0 heterocycles. The first-order valence-corrected chi connectivity index (χ1v) is 21.0. The first kappa shape index (κ1) is 48.5. The van der Waals surface area contributed by atoms with Crippen molar-refractivity contribution in [2.45, 2.75) is 161 Å². The Kier molecular flexibility index (Phi) is 18.8. The number of hydrogen-bond acceptors (Lipinski definition) is 2. The van der Waals surface area contributed by atoms with E-state index in [2.05, 4.69) is 6.15 Å². The van der Waals surface area contributed by atoms with Gasteiger partial charge in [0.25, 0.3) is 0 Å². The molecule has 0 aromatic carbocycles. The molecule has 0 aromatic rings. The van der Waals surface area contributed by atoms with E-state index in [-0.39, 0.29) is 25.7 Å². The van der Waals surface area contributed by atoms with Crippen LogP contribution in [0.5, 0.6) is 0 Å². The predicted molar refractivity (Wildman–Crippen MR) is 145 cm³/mol. The van der Waals surface area contributed by atoms with E-state index in [1.807, 2.05) is 13.8 Å². The first-order chi connectivity index (χ1) is 22.1. The van der Waals surface area contributed by atoms with Crippen molar-refractivity contribution in [2.75, 3.05) is 13.2 Å². The van der Waals surface area contributed by atoms with Crippen LogP contribution in [-0.4, -0.2) is 76.3 Å². The van der Waals surface area contributed by atoms with E-state index in [0.717, 1.165) is 25.7 Å². The maximum absolute atomic E-state index is 15.5. The second-order valence-electron chi connectivity index (χ2n) is 11.7. The van der Waals surface area contributed by atoms with E-state index in [4.69, 9.17) is 0 Å². The molecule has 0 aliphatic carbocycles. The SMILES string of the molecule is CCCCCCCCCC[O][Sn]([O]CCCCCCCCCC)([C](F)(F)C(F)(F)C(F)(F)C(F)(F)F)[C](F)(F)C(F)(F)C(F)(F)C(F)(F)F. The van der Waals surface area contributed by atoms with Crippen LogP contribution in [0.2, 0.25) is 0 Å². The van der Waals surface area contributed by atoms with E-state index in [0.29, 0.717) is 38.5 Å². The van der Waals surface area contributed by atoms with Crippen LogP contribution in [-0.2, 0) is 6.15 Å². The number of rotatable bonds is 26. The molecule has 0 rings (SSSR count). The number of halogens is 18. The van der Waals surface area contributed by atoms with Gasteiger partial charge in [-0.3, -0.25) is 0 Å². The Labute approximate surface area is 278 Å². The monoisotopic (exact) mass is 872 g/mol. The summed E-state index contributed by atoms with van der Waals surface area (Å²) in [5, 5.41) is 0. The van der Waals surface area contributed by atoms with Crippen molar-refractivity contribution in [1.82, 2.24) is 0 Å². The van der Waals surface area contributed by atoms with Crippen LogP contribution in [0.4, 0.5) is 79.0 Å². The minimum absolute atomic E-state index is 0.117. The van der Waals surface area contributed by atoms with Crippen molar-refractivity contribution in [3.63, 3.8) is 0 Å². The van der Waals surface area contributed by atoms with E-state index < -0.39 is 89.2 Å². The summed E-state index contributed by atoms with van der Waals surface area (Å²) in [7, 11) is 0. The Hall–Kier alpha value is -0.541. The molecule has 0 unspecified atom stereocenters. The summed E-state index contributed by atoms with van der Waals surface area (Å²) >= 11 is -10.4. The third kappa shape index (κ3) is 10.8. The zero-order valence-corrected chi connectivity index (χ0v) is 29.7. The Morgan fingerprint density at radius 1 is 0.327 bits per heavy atom. The number of hydrogen-bond donors (Lipinski definition) is 0. The van der Waals surface area contributed by atoms with Crippen molar-refractivity contribution < 1.29 is 85.2 Å². The zero-order chi connectivity index (χ0) is 38.6. The molecule has 49 heavy (non-hydrogen) atoms. The molecule has 21 heteroatoms. The summed E-state index contributed by atoms with van der Waals surface area (Å²) < 4.78 is 246. The Morgan fingerprint density at radius 2 is 0.551 bits per heavy atom. The summed E-state index contributed by atoms with van der Waals surface area (Å²) in [5.74, 6) is -32.4. The molecule has 0 N–H and O–H groups in total. The van der Waals surface area contributed by atoms with Crippen LogP contribution in [0.1, 0.15) is 117 Å². The van der Waals surface area contributed by atoms with Gasteiger partial charge in [-0.2, -0.15) is 0 Å². The van der Waals surface area contributed by atoms with Gasteiger partial charge in [0.15, 0.2) is 0 Å². The molecule has 0 aliphatic rings. The molecule has 0 bridgehead atoms. The average Bonchev–Trinajstić information content (AvgIpc) is 2.96. The first-order valence-electron chi connectivity index (χ1n) is 15.8. The van der Waals surface area contributed by atoms with Gasteiger partial charge in [0, 0.05) is 0 Å². The van der Waals surface area contributed by atoms with E-state index in [1.165, 1.54) is 0 Å². The molecular formula is C28H42F18O2Sn. The Balaban J connectivity index is 7.06. The number of alkyl halides is 18. The van der Waals surface area contributed by atoms with E-state index in [9.17, 15) is 61.5 Å². The van der Waals surface area contributed by atoms with Crippen LogP contribution in [0.3, 0.4) is 0 Å². The summed E-state index contributed by atoms with van der Waals surface area (Å²) in [6.07, 6.45) is -10.9. The molecule has 0 aromatic heterocycles. The maximum atomic E-state index is 15.5. The van der Waals surface area contributed by atoms with Gasteiger partial charge in [0.05, 0.1) is 0 Å². The van der Waals surface area contributed by atoms with E-state index in [1.54, 1.807) is 0 Å². The molecule has 0 spiro atoms. The van der Waals surface area contributed by atoms with Crippen molar-refractivity contribution in [1.29, 1.82) is 0 Å². The number of unbranched alkanes of at least 4 members (excludes halogenated alkanes) is 14. The van der Waals surface area contributed by atoms with Crippen molar-refractivity contribution >= 4 is 19.2 Å². The molecular weight excluding hydrogens is 829 g/mol. The van der Waals surface area contributed by atoms with Crippen LogP contribution < -0.4 is 0 Å². The Bertz CT molecular complexity index is 863. The average molecular weight is 871 g/mol. The van der Waals surface area contributed by atoms with Crippen LogP contribution in [0.25, 0.3) is 0 Å². The fourth-order valence-corrected chi connectivity index (χ4v) is 13.8. The molecule has 0 fully saturated rings. The third-order valence-electron chi connectivity index (χ3n) is 7.72. The Morgan fingerprint density at radius 3 is 0.776 bits per heavy atom. The molecule has 0 aliphatic heterocycles. The van der Waals surface area contributed by atoms with Crippen molar-refractivity contribution in [3.8, 4) is 0 Å². The quantitative estimate of drug-likeness (QED) is 0.0490. The van der Waals surface area contributed by atoms with Crippen molar-refractivity contribution in [3.05, 3.63) is 0 Å². The van der Waals surface area contributed by atoms with Crippen LogP contribution in [0.15, 0.2) is 0 Å². The molecule has 0 amide bonds. The molecule has 0 saturated heterocycles. The minimum atomic E-state index is -10.4. The molecule has 2 nitrogen and oxygen atoms in total. The second-order valence-corrected chi connectivity index (χ2v) is 20.5. The third-order valence-corrected chi connectivity index (χ3v) is 17.7. The summed E-state index contributed by atoms with van der Waals surface area (Å²) in [5.41, 5.74) is 0. The topological polar surface area (TPSA) is 18.5 Å². The van der Waals surface area contributed by atoms with Gasteiger partial charge in [0.1, 0.15) is 0 Å². The van der Waals surface area contributed by atoms with Gasteiger partial charge in [-0.1, -0.05) is 0 Å². The summed E-state index contributed by atoms with van der Waals surface area (Å²) in [6, 6.07) is 0. The molecule has 0 saturated carbocycles. The molecule has 0 atom stereocenters. The van der Waals surface area contributed by atoms with E-state index >= 15 is 17.6 Å². The summed E-state index contributed by atoms with van der Waals surface area (Å²) in [6.45, 7) is 0.0455. The zero-order valence-electron chi connectivity index (χ0n) is 26.8. The van der Waals surface area contributed by atoms with Gasteiger partial charge >= 0.3 is 278 Å². The van der Waals surface area contributed by atoms with Crippen LogP contribution >= 0.6 is 0 Å².